The first-order valence-electron chi connectivity index (χ1n) is 6.87. The van der Waals surface area contributed by atoms with E-state index >= 15 is 0 Å². The zero-order chi connectivity index (χ0) is 13.4. The number of halogens is 2. The van der Waals surface area contributed by atoms with Crippen molar-refractivity contribution in [2.45, 2.75) is 52.0 Å². The van der Waals surface area contributed by atoms with Gasteiger partial charge in [-0.2, -0.15) is 0 Å². The van der Waals surface area contributed by atoms with Gasteiger partial charge in [0.05, 0.1) is 0 Å². The number of hydrogen-bond donors (Lipinski definition) is 1. The minimum absolute atomic E-state index is 0.240. The molecule has 0 radical (unpaired) electrons. The van der Waals surface area contributed by atoms with Crippen LogP contribution in [0.25, 0.3) is 0 Å². The summed E-state index contributed by atoms with van der Waals surface area (Å²) >= 11 is 6.14. The van der Waals surface area contributed by atoms with E-state index in [4.69, 9.17) is 11.6 Å². The van der Waals surface area contributed by atoms with E-state index in [9.17, 15) is 4.39 Å². The molecular weight excluding hydrogens is 249 g/mol. The van der Waals surface area contributed by atoms with E-state index in [0.717, 1.165) is 24.9 Å². The average molecular weight is 272 g/mol. The highest BCUT2D eigenvalue weighted by atomic mass is 35.5. The molecule has 0 saturated carbocycles. The molecular formula is C15H23ClFN. The maximum absolute atomic E-state index is 13.1. The topological polar surface area (TPSA) is 12.0 Å². The minimum Gasteiger partial charge on any atom is -0.310 e. The monoisotopic (exact) mass is 271 g/mol. The number of hydrogen-bond acceptors (Lipinski definition) is 1. The molecule has 0 bridgehead atoms. The van der Waals surface area contributed by atoms with Crippen molar-refractivity contribution in [3.63, 3.8) is 0 Å². The van der Waals surface area contributed by atoms with Gasteiger partial charge < -0.3 is 5.32 Å². The maximum atomic E-state index is 13.1. The summed E-state index contributed by atoms with van der Waals surface area (Å²) in [6, 6.07) is 4.93. The van der Waals surface area contributed by atoms with E-state index in [2.05, 4.69) is 19.2 Å². The van der Waals surface area contributed by atoms with Gasteiger partial charge >= 0.3 is 0 Å². The highest BCUT2D eigenvalue weighted by molar-refractivity contribution is 6.31. The van der Waals surface area contributed by atoms with E-state index in [-0.39, 0.29) is 11.9 Å². The fourth-order valence-corrected chi connectivity index (χ4v) is 2.37. The van der Waals surface area contributed by atoms with Crippen molar-refractivity contribution >= 4 is 11.6 Å². The first kappa shape index (κ1) is 15.5. The largest absolute Gasteiger partial charge is 0.310 e. The molecule has 0 aliphatic rings. The number of unbranched alkanes of at least 4 members (excludes halogenated alkanes) is 2. The van der Waals surface area contributed by atoms with Crippen LogP contribution in [0.3, 0.4) is 0 Å². The number of benzene rings is 1. The number of rotatable bonds is 8. The summed E-state index contributed by atoms with van der Waals surface area (Å²) in [6.07, 6.45) is 5.74. The molecule has 1 atom stereocenters. The van der Waals surface area contributed by atoms with Gasteiger partial charge in [-0.3, -0.25) is 0 Å². The van der Waals surface area contributed by atoms with Crippen LogP contribution in [-0.2, 0) is 0 Å². The molecule has 0 saturated heterocycles. The molecule has 0 fully saturated rings. The molecule has 1 N–H and O–H groups in total. The normalized spacial score (nSPS) is 12.7. The lowest BCUT2D eigenvalue weighted by molar-refractivity contribution is 0.474. The molecule has 0 aliphatic carbocycles. The second-order valence-electron chi connectivity index (χ2n) is 4.67. The molecule has 3 heteroatoms. The minimum atomic E-state index is -0.272. The summed E-state index contributed by atoms with van der Waals surface area (Å²) in [5, 5.41) is 4.03. The first-order valence-corrected chi connectivity index (χ1v) is 7.25. The molecule has 1 aromatic carbocycles. The van der Waals surface area contributed by atoms with Crippen LogP contribution in [0, 0.1) is 5.82 Å². The Morgan fingerprint density at radius 2 is 2.00 bits per heavy atom. The van der Waals surface area contributed by atoms with E-state index in [1.54, 1.807) is 6.07 Å². The molecule has 0 aromatic heterocycles. The van der Waals surface area contributed by atoms with Crippen molar-refractivity contribution in [1.29, 1.82) is 0 Å². The van der Waals surface area contributed by atoms with Gasteiger partial charge in [0.2, 0.25) is 0 Å². The molecule has 1 rings (SSSR count). The third-order valence-electron chi connectivity index (χ3n) is 3.08. The summed E-state index contributed by atoms with van der Waals surface area (Å²) in [5.74, 6) is -0.272. The van der Waals surface area contributed by atoms with Crippen molar-refractivity contribution in [2.24, 2.45) is 0 Å². The Kier molecular flexibility index (Phi) is 7.29. The Morgan fingerprint density at radius 1 is 1.22 bits per heavy atom. The molecule has 0 heterocycles. The Labute approximate surface area is 115 Å². The van der Waals surface area contributed by atoms with Crippen molar-refractivity contribution < 1.29 is 4.39 Å². The van der Waals surface area contributed by atoms with Gasteiger partial charge in [-0.05, 0) is 37.1 Å². The van der Waals surface area contributed by atoms with Crippen molar-refractivity contribution in [3.8, 4) is 0 Å². The van der Waals surface area contributed by atoms with Crippen LogP contribution in [0.4, 0.5) is 4.39 Å². The van der Waals surface area contributed by atoms with Gasteiger partial charge in [0.15, 0.2) is 0 Å². The lowest BCUT2D eigenvalue weighted by Crippen LogP contribution is -2.22. The van der Waals surface area contributed by atoms with Crippen LogP contribution in [0.1, 0.15) is 57.6 Å². The van der Waals surface area contributed by atoms with Gasteiger partial charge in [0, 0.05) is 11.1 Å². The highest BCUT2D eigenvalue weighted by Gasteiger charge is 2.14. The summed E-state index contributed by atoms with van der Waals surface area (Å²) in [6.45, 7) is 5.30. The van der Waals surface area contributed by atoms with Crippen LogP contribution in [0.15, 0.2) is 18.2 Å². The van der Waals surface area contributed by atoms with Gasteiger partial charge in [-0.25, -0.2) is 4.39 Å². The van der Waals surface area contributed by atoms with E-state index in [1.807, 2.05) is 0 Å². The SMILES string of the molecule is CCCCCC(NCCC)c1ccc(F)cc1Cl. The fourth-order valence-electron chi connectivity index (χ4n) is 2.07. The van der Waals surface area contributed by atoms with Gasteiger partial charge in [0.1, 0.15) is 5.82 Å². The average Bonchev–Trinajstić information content (AvgIpc) is 2.34. The van der Waals surface area contributed by atoms with Gasteiger partial charge in [-0.15, -0.1) is 0 Å². The van der Waals surface area contributed by atoms with E-state index in [0.29, 0.717) is 5.02 Å². The highest BCUT2D eigenvalue weighted by Crippen LogP contribution is 2.27. The molecule has 0 spiro atoms. The van der Waals surface area contributed by atoms with Crippen molar-refractivity contribution in [1.82, 2.24) is 5.32 Å². The molecule has 1 aromatic rings. The summed E-state index contributed by atoms with van der Waals surface area (Å²) in [5.41, 5.74) is 1.02. The molecule has 1 nitrogen and oxygen atoms in total. The quantitative estimate of drug-likeness (QED) is 0.649. The first-order chi connectivity index (χ1) is 8.69. The summed E-state index contributed by atoms with van der Waals surface area (Å²) in [4.78, 5) is 0. The van der Waals surface area contributed by atoms with Crippen LogP contribution in [0.2, 0.25) is 5.02 Å². The number of nitrogens with one attached hydrogen (secondary N) is 1. The Hall–Kier alpha value is -0.600. The second kappa shape index (κ2) is 8.49. The van der Waals surface area contributed by atoms with Crippen LogP contribution < -0.4 is 5.32 Å². The predicted octanol–water partition coefficient (Wildman–Crippen LogP) is 5.10. The van der Waals surface area contributed by atoms with Gasteiger partial charge in [0.25, 0.3) is 0 Å². The van der Waals surface area contributed by atoms with E-state index < -0.39 is 0 Å². The third kappa shape index (κ3) is 4.95. The predicted molar refractivity (Wildman–Crippen MR) is 76.6 cm³/mol. The van der Waals surface area contributed by atoms with Crippen molar-refractivity contribution in [3.05, 3.63) is 34.6 Å². The summed E-state index contributed by atoms with van der Waals surface area (Å²) in [7, 11) is 0. The zero-order valence-electron chi connectivity index (χ0n) is 11.3. The smallest absolute Gasteiger partial charge is 0.124 e. The fraction of sp³-hybridized carbons (Fsp3) is 0.600. The van der Waals surface area contributed by atoms with E-state index in [1.165, 1.54) is 31.4 Å². The maximum Gasteiger partial charge on any atom is 0.124 e. The molecule has 1 unspecified atom stereocenters. The van der Waals surface area contributed by atoms with Crippen molar-refractivity contribution in [2.75, 3.05) is 6.54 Å². The summed E-state index contributed by atoms with van der Waals surface area (Å²) < 4.78 is 13.1. The Morgan fingerprint density at radius 3 is 2.61 bits per heavy atom. The van der Waals surface area contributed by atoms with Crippen LogP contribution >= 0.6 is 11.6 Å². The Balaban J connectivity index is 2.73. The second-order valence-corrected chi connectivity index (χ2v) is 5.08. The lowest BCUT2D eigenvalue weighted by Gasteiger charge is -2.20. The third-order valence-corrected chi connectivity index (χ3v) is 3.40. The zero-order valence-corrected chi connectivity index (χ0v) is 12.1. The molecule has 0 amide bonds. The van der Waals surface area contributed by atoms with Crippen LogP contribution in [-0.4, -0.2) is 6.54 Å². The van der Waals surface area contributed by atoms with Gasteiger partial charge in [-0.1, -0.05) is 50.8 Å². The Bertz CT molecular complexity index is 354. The molecule has 0 aliphatic heterocycles. The molecule has 102 valence electrons. The van der Waals surface area contributed by atoms with Crippen LogP contribution in [0.5, 0.6) is 0 Å². The lowest BCUT2D eigenvalue weighted by atomic mass is 10.00. The standard InChI is InChI=1S/C15H23ClFN/c1-3-5-6-7-15(18-10-4-2)13-9-8-12(17)11-14(13)16/h8-9,11,15,18H,3-7,10H2,1-2H3. The molecule has 18 heavy (non-hydrogen) atoms.